The van der Waals surface area contributed by atoms with Gasteiger partial charge in [-0.05, 0) is 19.1 Å². The lowest BCUT2D eigenvalue weighted by molar-refractivity contribution is -0.114. The van der Waals surface area contributed by atoms with E-state index in [9.17, 15) is 4.79 Å². The third kappa shape index (κ3) is 2.32. The van der Waals surface area contributed by atoms with Gasteiger partial charge in [-0.15, -0.1) is 0 Å². The maximum Gasteiger partial charge on any atom is 0.238 e. The fourth-order valence-corrected chi connectivity index (χ4v) is 0.835. The monoisotopic (exact) mass is 165 g/mol. The summed E-state index contributed by atoms with van der Waals surface area (Å²) in [4.78, 5) is 14.8. The molecule has 0 saturated heterocycles. The lowest BCUT2D eigenvalue weighted by Gasteiger charge is -2.02. The molecule has 0 saturated carbocycles. The van der Waals surface area contributed by atoms with Crippen LogP contribution in [0.25, 0.3) is 0 Å². The van der Waals surface area contributed by atoms with Gasteiger partial charge in [0.15, 0.2) is 0 Å². The second-order valence-electron chi connectivity index (χ2n) is 2.44. The molecule has 1 aromatic rings. The Kier molecular flexibility index (Phi) is 2.76. The topological polar surface area (TPSA) is 68.0 Å². The van der Waals surface area contributed by atoms with Crippen LogP contribution in [0.3, 0.4) is 0 Å². The zero-order valence-electron chi connectivity index (χ0n) is 6.87. The first-order valence-electron chi connectivity index (χ1n) is 3.65. The van der Waals surface area contributed by atoms with Crippen molar-refractivity contribution in [1.29, 1.82) is 0 Å². The Morgan fingerprint density at radius 3 is 3.08 bits per heavy atom. The van der Waals surface area contributed by atoms with Gasteiger partial charge in [0, 0.05) is 17.6 Å². The Hall–Kier alpha value is -1.42. The number of hydrogen-bond donors (Lipinski definition) is 2. The van der Waals surface area contributed by atoms with Gasteiger partial charge in [0.2, 0.25) is 5.91 Å². The summed E-state index contributed by atoms with van der Waals surface area (Å²) in [5.41, 5.74) is 6.73. The summed E-state index contributed by atoms with van der Waals surface area (Å²) in [5, 5.41) is 2.63. The number of pyridine rings is 1. The summed E-state index contributed by atoms with van der Waals surface area (Å²) in [6.45, 7) is 1.86. The minimum absolute atomic E-state index is 0.00136. The van der Waals surface area contributed by atoms with E-state index in [2.05, 4.69) is 10.3 Å². The molecule has 0 unspecified atom stereocenters. The summed E-state index contributed by atoms with van der Waals surface area (Å²) >= 11 is 0. The number of carbonyl (C=O) groups excluding carboxylic acids is 1. The first-order valence-corrected chi connectivity index (χ1v) is 3.65. The van der Waals surface area contributed by atoms with Gasteiger partial charge in [-0.1, -0.05) is 0 Å². The molecule has 4 heteroatoms. The Morgan fingerprint density at radius 2 is 2.50 bits per heavy atom. The molecule has 1 aromatic heterocycles. The van der Waals surface area contributed by atoms with Crippen molar-refractivity contribution in [3.05, 3.63) is 24.0 Å². The van der Waals surface area contributed by atoms with Crippen LogP contribution in [0, 0.1) is 6.92 Å². The summed E-state index contributed by atoms with van der Waals surface area (Å²) in [5.74, 6) is -0.194. The molecular weight excluding hydrogens is 154 g/mol. The Labute approximate surface area is 70.8 Å². The minimum Gasteiger partial charge on any atom is -0.325 e. The summed E-state index contributed by atoms with van der Waals surface area (Å²) in [6.07, 6.45) is 1.64. The number of aromatic nitrogens is 1. The lowest BCUT2D eigenvalue weighted by atomic mass is 10.3. The number of nitrogens with one attached hydrogen (secondary N) is 1. The number of rotatable bonds is 2. The third-order valence-corrected chi connectivity index (χ3v) is 1.37. The van der Waals surface area contributed by atoms with Gasteiger partial charge in [0.05, 0.1) is 6.54 Å². The maximum atomic E-state index is 10.8. The van der Waals surface area contributed by atoms with E-state index in [1.165, 1.54) is 0 Å². The van der Waals surface area contributed by atoms with Crippen LogP contribution in [0.15, 0.2) is 18.3 Å². The Morgan fingerprint density at radius 1 is 1.75 bits per heavy atom. The van der Waals surface area contributed by atoms with Crippen molar-refractivity contribution in [2.24, 2.45) is 5.73 Å². The van der Waals surface area contributed by atoms with Gasteiger partial charge in [-0.2, -0.15) is 0 Å². The number of aryl methyl sites for hydroxylation is 1. The van der Waals surface area contributed by atoms with Crippen LogP contribution >= 0.6 is 0 Å². The molecule has 1 heterocycles. The minimum atomic E-state index is -0.194. The van der Waals surface area contributed by atoms with Crippen LogP contribution in [0.5, 0.6) is 0 Å². The van der Waals surface area contributed by atoms with E-state index in [1.807, 2.05) is 6.92 Å². The van der Waals surface area contributed by atoms with E-state index in [4.69, 9.17) is 5.73 Å². The molecular formula is C8H11N3O. The lowest BCUT2D eigenvalue weighted by Crippen LogP contribution is -2.21. The van der Waals surface area contributed by atoms with E-state index in [0.29, 0.717) is 0 Å². The SMILES string of the molecule is Cc1cc(NC(=O)CN)ccn1. The predicted molar refractivity (Wildman–Crippen MR) is 46.7 cm³/mol. The van der Waals surface area contributed by atoms with Gasteiger partial charge >= 0.3 is 0 Å². The van der Waals surface area contributed by atoms with Gasteiger partial charge in [0.1, 0.15) is 0 Å². The van der Waals surface area contributed by atoms with Gasteiger partial charge < -0.3 is 11.1 Å². The molecule has 4 nitrogen and oxygen atoms in total. The largest absolute Gasteiger partial charge is 0.325 e. The first kappa shape index (κ1) is 8.67. The normalized spacial score (nSPS) is 9.50. The molecule has 12 heavy (non-hydrogen) atoms. The molecule has 0 aliphatic heterocycles. The number of carbonyl (C=O) groups is 1. The molecule has 1 amide bonds. The molecule has 0 aromatic carbocycles. The van der Waals surface area contributed by atoms with Crippen molar-refractivity contribution in [3.8, 4) is 0 Å². The van der Waals surface area contributed by atoms with Crippen molar-refractivity contribution in [3.63, 3.8) is 0 Å². The van der Waals surface area contributed by atoms with Crippen LogP contribution in [0.2, 0.25) is 0 Å². The fraction of sp³-hybridized carbons (Fsp3) is 0.250. The standard InChI is InChI=1S/C8H11N3O/c1-6-4-7(2-3-10-6)11-8(12)5-9/h2-4H,5,9H2,1H3,(H,10,11,12). The summed E-state index contributed by atoms with van der Waals surface area (Å²) in [6, 6.07) is 3.51. The highest BCUT2D eigenvalue weighted by molar-refractivity contribution is 5.91. The molecule has 0 bridgehead atoms. The highest BCUT2D eigenvalue weighted by Gasteiger charge is 1.97. The summed E-state index contributed by atoms with van der Waals surface area (Å²) < 4.78 is 0. The predicted octanol–water partition coefficient (Wildman–Crippen LogP) is 0.287. The van der Waals surface area contributed by atoms with Crippen molar-refractivity contribution < 1.29 is 4.79 Å². The van der Waals surface area contributed by atoms with Crippen LogP contribution < -0.4 is 11.1 Å². The number of amides is 1. The number of nitrogens with zero attached hydrogens (tertiary/aromatic N) is 1. The first-order chi connectivity index (χ1) is 5.72. The fourth-order valence-electron chi connectivity index (χ4n) is 0.835. The van der Waals surface area contributed by atoms with Gasteiger partial charge in [-0.25, -0.2) is 0 Å². The molecule has 0 spiro atoms. The smallest absolute Gasteiger partial charge is 0.238 e. The van der Waals surface area contributed by atoms with Crippen LogP contribution in [-0.4, -0.2) is 17.4 Å². The molecule has 64 valence electrons. The average molecular weight is 165 g/mol. The van der Waals surface area contributed by atoms with E-state index in [0.717, 1.165) is 11.4 Å². The van der Waals surface area contributed by atoms with Crippen molar-refractivity contribution >= 4 is 11.6 Å². The van der Waals surface area contributed by atoms with Crippen molar-refractivity contribution in [2.75, 3.05) is 11.9 Å². The molecule has 1 rings (SSSR count). The van der Waals surface area contributed by atoms with Crippen LogP contribution in [0.4, 0.5) is 5.69 Å². The maximum absolute atomic E-state index is 10.8. The molecule has 3 N–H and O–H groups in total. The van der Waals surface area contributed by atoms with Gasteiger partial charge in [-0.3, -0.25) is 9.78 Å². The Balaban J connectivity index is 2.69. The number of anilines is 1. The molecule has 0 radical (unpaired) electrons. The average Bonchev–Trinajstić information content (AvgIpc) is 2.04. The zero-order valence-corrected chi connectivity index (χ0v) is 6.87. The number of hydrogen-bond acceptors (Lipinski definition) is 3. The van der Waals surface area contributed by atoms with Gasteiger partial charge in [0.25, 0.3) is 0 Å². The van der Waals surface area contributed by atoms with Crippen molar-refractivity contribution in [2.45, 2.75) is 6.92 Å². The van der Waals surface area contributed by atoms with E-state index in [1.54, 1.807) is 18.3 Å². The molecule has 0 atom stereocenters. The van der Waals surface area contributed by atoms with E-state index < -0.39 is 0 Å². The quantitative estimate of drug-likeness (QED) is 0.661. The molecule has 0 aliphatic carbocycles. The van der Waals surface area contributed by atoms with E-state index in [-0.39, 0.29) is 12.5 Å². The molecule has 0 fully saturated rings. The third-order valence-electron chi connectivity index (χ3n) is 1.37. The van der Waals surface area contributed by atoms with Crippen molar-refractivity contribution in [1.82, 2.24) is 4.98 Å². The zero-order chi connectivity index (χ0) is 8.97. The highest BCUT2D eigenvalue weighted by atomic mass is 16.1. The molecule has 0 aliphatic rings. The second-order valence-corrected chi connectivity index (χ2v) is 2.44. The summed E-state index contributed by atoms with van der Waals surface area (Å²) in [7, 11) is 0. The second kappa shape index (κ2) is 3.82. The Bertz CT molecular complexity index is 285. The van der Waals surface area contributed by atoms with Crippen LogP contribution in [0.1, 0.15) is 5.69 Å². The highest BCUT2D eigenvalue weighted by Crippen LogP contribution is 2.05. The van der Waals surface area contributed by atoms with E-state index >= 15 is 0 Å². The van der Waals surface area contributed by atoms with Crippen LogP contribution in [-0.2, 0) is 4.79 Å². The number of nitrogens with two attached hydrogens (primary N) is 1.